The Balaban J connectivity index is 0. The molecule has 0 radical (unpaired) electrons. The number of rotatable bonds is 1. The number of carbonyl (C=O) groups excluding carboxylic acids is 1. The Morgan fingerprint density at radius 1 is 1.86 bits per heavy atom. The van der Waals surface area contributed by atoms with Gasteiger partial charge in [0, 0.05) is 6.42 Å². The summed E-state index contributed by atoms with van der Waals surface area (Å²) >= 11 is 4.60. The molecule has 0 spiro atoms. The third kappa shape index (κ3) is 5.72. The van der Waals surface area contributed by atoms with E-state index in [1.54, 1.807) is 6.92 Å². The molecule has 3 N–H and O–H groups in total. The average molecular weight is 126 g/mol. The van der Waals surface area contributed by atoms with E-state index in [0.717, 1.165) is 0 Å². The highest BCUT2D eigenvalue weighted by Crippen LogP contribution is 1.84. The standard InChI is InChI=1S/C3H5ClO2.H3N/c1-2-3(5)6-4;/h2H2,1H3;1H3. The Morgan fingerprint density at radius 3 is 2.29 bits per heavy atom. The predicted molar refractivity (Wildman–Crippen MR) is 27.3 cm³/mol. The zero-order valence-electron chi connectivity index (χ0n) is 4.11. The van der Waals surface area contributed by atoms with E-state index in [1.807, 2.05) is 0 Å². The fraction of sp³-hybridized carbons (Fsp3) is 0.667. The van der Waals surface area contributed by atoms with Gasteiger partial charge in [-0.05, 0) is 0 Å². The maximum atomic E-state index is 9.83. The number of halogens is 1. The first kappa shape index (κ1) is 9.87. The summed E-state index contributed by atoms with van der Waals surface area (Å²) in [6, 6.07) is 0. The van der Waals surface area contributed by atoms with Gasteiger partial charge in [0.2, 0.25) is 0 Å². The highest BCUT2D eigenvalue weighted by molar-refractivity contribution is 6.13. The van der Waals surface area contributed by atoms with Crippen molar-refractivity contribution in [2.24, 2.45) is 0 Å². The molecule has 0 unspecified atom stereocenters. The van der Waals surface area contributed by atoms with Crippen LogP contribution in [0.4, 0.5) is 0 Å². The van der Waals surface area contributed by atoms with Crippen LogP contribution in [0.1, 0.15) is 13.3 Å². The zero-order chi connectivity index (χ0) is 4.99. The molecule has 0 aliphatic heterocycles. The van der Waals surface area contributed by atoms with Crippen molar-refractivity contribution in [2.45, 2.75) is 13.3 Å². The van der Waals surface area contributed by atoms with Crippen molar-refractivity contribution in [1.82, 2.24) is 6.15 Å². The lowest BCUT2D eigenvalue weighted by molar-refractivity contribution is -0.133. The molecule has 0 aromatic carbocycles. The number of hydrogen-bond donors (Lipinski definition) is 1. The molecule has 0 bridgehead atoms. The number of carbonyl (C=O) groups is 1. The summed E-state index contributed by atoms with van der Waals surface area (Å²) in [4.78, 5) is 9.83. The van der Waals surface area contributed by atoms with Crippen LogP contribution in [0.2, 0.25) is 0 Å². The molecule has 0 rings (SSSR count). The van der Waals surface area contributed by atoms with Gasteiger partial charge in [-0.3, -0.25) is 4.79 Å². The lowest BCUT2D eigenvalue weighted by Gasteiger charge is -1.81. The molecule has 0 aromatic heterocycles. The quantitative estimate of drug-likeness (QED) is 0.574. The SMILES string of the molecule is CCC(=O)OCl.N. The average Bonchev–Trinajstić information content (AvgIpc) is 1.65. The third-order valence-corrected chi connectivity index (χ3v) is 0.547. The molecular formula is C3H8ClNO2. The predicted octanol–water partition coefficient (Wildman–Crippen LogP) is 1.26. The Labute approximate surface area is 47.4 Å². The Kier molecular flexibility index (Phi) is 8.06. The monoisotopic (exact) mass is 125 g/mol. The molecule has 44 valence electrons. The van der Waals surface area contributed by atoms with E-state index < -0.39 is 5.97 Å². The van der Waals surface area contributed by atoms with Crippen molar-refractivity contribution in [1.29, 1.82) is 0 Å². The highest BCUT2D eigenvalue weighted by Gasteiger charge is 1.90. The summed E-state index contributed by atoms with van der Waals surface area (Å²) in [6.45, 7) is 1.67. The molecule has 0 saturated heterocycles. The molecule has 0 saturated carbocycles. The van der Waals surface area contributed by atoms with Gasteiger partial charge >= 0.3 is 5.97 Å². The largest absolute Gasteiger partial charge is 0.348 e. The van der Waals surface area contributed by atoms with Crippen LogP contribution in [0.25, 0.3) is 0 Å². The Morgan fingerprint density at radius 2 is 2.29 bits per heavy atom. The molecule has 0 amide bonds. The normalized spacial score (nSPS) is 6.57. The molecule has 0 atom stereocenters. The molecule has 3 nitrogen and oxygen atoms in total. The van der Waals surface area contributed by atoms with Gasteiger partial charge in [-0.25, -0.2) is 0 Å². The van der Waals surface area contributed by atoms with Crippen molar-refractivity contribution in [3.05, 3.63) is 0 Å². The Hall–Kier alpha value is -0.280. The molecule has 7 heavy (non-hydrogen) atoms. The van der Waals surface area contributed by atoms with Crippen molar-refractivity contribution < 1.29 is 9.08 Å². The first-order chi connectivity index (χ1) is 2.81. The summed E-state index contributed by atoms with van der Waals surface area (Å²) in [7, 11) is 0. The summed E-state index contributed by atoms with van der Waals surface area (Å²) in [5.41, 5.74) is 0. The van der Waals surface area contributed by atoms with Crippen molar-refractivity contribution in [2.75, 3.05) is 0 Å². The van der Waals surface area contributed by atoms with Crippen molar-refractivity contribution in [3.63, 3.8) is 0 Å². The fourth-order valence-electron chi connectivity index (χ4n) is 0.0546. The Bertz CT molecular complexity index is 50.9. The van der Waals surface area contributed by atoms with Gasteiger partial charge in [0.15, 0.2) is 0 Å². The van der Waals surface area contributed by atoms with Crippen LogP contribution in [-0.2, 0) is 9.08 Å². The zero-order valence-corrected chi connectivity index (χ0v) is 4.86. The first-order valence-corrected chi connectivity index (χ1v) is 1.93. The summed E-state index contributed by atoms with van der Waals surface area (Å²) < 4.78 is 3.73. The number of hydrogen-bond acceptors (Lipinski definition) is 3. The fourth-order valence-corrected chi connectivity index (χ4v) is 0.164. The lowest BCUT2D eigenvalue weighted by atomic mass is 10.5. The van der Waals surface area contributed by atoms with Crippen LogP contribution in [0.15, 0.2) is 0 Å². The van der Waals surface area contributed by atoms with Crippen LogP contribution in [0.3, 0.4) is 0 Å². The summed E-state index contributed by atoms with van der Waals surface area (Å²) in [5, 5.41) is 0. The van der Waals surface area contributed by atoms with Crippen LogP contribution in [0, 0.1) is 0 Å². The minimum atomic E-state index is -0.392. The molecule has 0 fully saturated rings. The lowest BCUT2D eigenvalue weighted by Crippen LogP contribution is -1.90. The minimum absolute atomic E-state index is 0. The minimum Gasteiger partial charge on any atom is -0.348 e. The van der Waals surface area contributed by atoms with E-state index in [9.17, 15) is 4.79 Å². The maximum absolute atomic E-state index is 9.83. The van der Waals surface area contributed by atoms with Gasteiger partial charge < -0.3 is 10.4 Å². The first-order valence-electron chi connectivity index (χ1n) is 1.62. The van der Waals surface area contributed by atoms with E-state index in [-0.39, 0.29) is 6.15 Å². The van der Waals surface area contributed by atoms with Crippen LogP contribution < -0.4 is 6.15 Å². The topological polar surface area (TPSA) is 61.3 Å². The van der Waals surface area contributed by atoms with Crippen LogP contribution in [-0.4, -0.2) is 5.97 Å². The summed E-state index contributed by atoms with van der Waals surface area (Å²) in [5.74, 6) is -0.392. The second kappa shape index (κ2) is 5.72. The maximum Gasteiger partial charge on any atom is 0.324 e. The molecule has 4 heteroatoms. The second-order valence-electron chi connectivity index (χ2n) is 0.803. The van der Waals surface area contributed by atoms with Gasteiger partial charge in [-0.15, -0.1) is 0 Å². The van der Waals surface area contributed by atoms with E-state index in [4.69, 9.17) is 0 Å². The van der Waals surface area contributed by atoms with Crippen molar-refractivity contribution >= 4 is 17.8 Å². The van der Waals surface area contributed by atoms with Gasteiger partial charge in [0.05, 0.1) is 0 Å². The van der Waals surface area contributed by atoms with Gasteiger partial charge in [-0.1, -0.05) is 6.92 Å². The van der Waals surface area contributed by atoms with E-state index in [1.165, 1.54) is 0 Å². The van der Waals surface area contributed by atoms with Crippen LogP contribution >= 0.6 is 11.9 Å². The molecule has 0 aliphatic carbocycles. The molecule has 0 heterocycles. The van der Waals surface area contributed by atoms with E-state index in [2.05, 4.69) is 16.2 Å². The van der Waals surface area contributed by atoms with Crippen molar-refractivity contribution in [3.8, 4) is 0 Å². The highest BCUT2D eigenvalue weighted by atomic mass is 35.5. The van der Waals surface area contributed by atoms with Gasteiger partial charge in [0.1, 0.15) is 11.9 Å². The van der Waals surface area contributed by atoms with Crippen LogP contribution in [0.5, 0.6) is 0 Å². The third-order valence-electron chi connectivity index (χ3n) is 0.375. The summed E-state index contributed by atoms with van der Waals surface area (Å²) in [6.07, 6.45) is 0.337. The van der Waals surface area contributed by atoms with E-state index in [0.29, 0.717) is 6.42 Å². The molecular weight excluding hydrogens is 117 g/mol. The van der Waals surface area contributed by atoms with E-state index >= 15 is 0 Å². The molecule has 0 aliphatic rings. The second-order valence-corrected chi connectivity index (χ2v) is 0.957. The van der Waals surface area contributed by atoms with Gasteiger partial charge in [-0.2, -0.15) is 0 Å². The van der Waals surface area contributed by atoms with Gasteiger partial charge in [0.25, 0.3) is 0 Å². The molecule has 0 aromatic rings. The smallest absolute Gasteiger partial charge is 0.324 e.